The van der Waals surface area contributed by atoms with Crippen LogP contribution < -0.4 is 16.2 Å². The average molecular weight is 493 g/mol. The van der Waals surface area contributed by atoms with Crippen molar-refractivity contribution in [3.05, 3.63) is 87.8 Å². The topological polar surface area (TPSA) is 103 Å². The molecule has 0 saturated heterocycles. The maximum Gasteiger partial charge on any atom is 0.420 e. The third kappa shape index (κ3) is 5.14. The predicted molar refractivity (Wildman–Crippen MR) is 137 cm³/mol. The number of hydrogen-bond acceptors (Lipinski definition) is 5. The standard InChI is InChI=1S/C26H25FN4O3S/c1-16-13-21-22(15-23(16)35(4,33)30-25-10-6-9-24(27)29-25)34-26(32)31(21)18(3)20-8-5-7-19(14-20)12-11-17(2)28/h5-10,13-15,17-18H,4,28H2,1-3H3,(H,29,30,33). The highest BCUT2D eigenvalue weighted by molar-refractivity contribution is 8.01. The molecule has 3 unspecified atom stereocenters. The first-order chi connectivity index (χ1) is 16.5. The lowest BCUT2D eigenvalue weighted by Gasteiger charge is -2.16. The second-order valence-corrected chi connectivity index (χ2v) is 10.3. The third-order valence-electron chi connectivity index (χ3n) is 5.45. The molecule has 7 nitrogen and oxygen atoms in total. The number of benzene rings is 2. The molecule has 0 bridgehead atoms. The molecule has 3 N–H and O–H groups in total. The van der Waals surface area contributed by atoms with E-state index in [1.807, 2.05) is 38.1 Å². The normalized spacial score (nSPS) is 14.5. The van der Waals surface area contributed by atoms with E-state index < -0.39 is 21.4 Å². The molecule has 4 aromatic rings. The maximum absolute atomic E-state index is 13.5. The minimum absolute atomic E-state index is 0.0872. The van der Waals surface area contributed by atoms with Crippen LogP contribution in [0.15, 0.2) is 68.7 Å². The molecule has 0 saturated carbocycles. The Morgan fingerprint density at radius 3 is 2.66 bits per heavy atom. The Hall–Kier alpha value is -3.87. The number of nitrogens with one attached hydrogen (secondary N) is 1. The number of nitrogens with zero attached hydrogens (tertiary/aromatic N) is 2. The molecule has 2 aromatic carbocycles. The molecule has 0 fully saturated rings. The zero-order valence-electron chi connectivity index (χ0n) is 19.5. The van der Waals surface area contributed by atoms with Crippen molar-refractivity contribution in [1.82, 2.24) is 9.55 Å². The lowest BCUT2D eigenvalue weighted by atomic mass is 10.0. The summed E-state index contributed by atoms with van der Waals surface area (Å²) in [5.74, 6) is 8.58. The zero-order valence-corrected chi connectivity index (χ0v) is 20.4. The molecule has 0 radical (unpaired) electrons. The first-order valence-corrected chi connectivity index (χ1v) is 12.6. The molecule has 35 heavy (non-hydrogen) atoms. The Balaban J connectivity index is 1.74. The fourth-order valence-electron chi connectivity index (χ4n) is 3.80. The molecule has 2 heterocycles. The second kappa shape index (κ2) is 9.41. The van der Waals surface area contributed by atoms with E-state index in [0.717, 1.165) is 11.1 Å². The van der Waals surface area contributed by atoms with Gasteiger partial charge in [-0.05, 0) is 68.1 Å². The van der Waals surface area contributed by atoms with Crippen LogP contribution in [-0.4, -0.2) is 25.7 Å². The van der Waals surface area contributed by atoms with E-state index in [2.05, 4.69) is 27.4 Å². The summed E-state index contributed by atoms with van der Waals surface area (Å²) < 4.78 is 36.6. The largest absolute Gasteiger partial charge is 0.420 e. The maximum atomic E-state index is 13.5. The highest BCUT2D eigenvalue weighted by Gasteiger charge is 2.21. The highest BCUT2D eigenvalue weighted by atomic mass is 32.2. The lowest BCUT2D eigenvalue weighted by Crippen LogP contribution is -2.19. The molecule has 0 spiro atoms. The van der Waals surface area contributed by atoms with Gasteiger partial charge in [-0.25, -0.2) is 14.0 Å². The van der Waals surface area contributed by atoms with Crippen molar-refractivity contribution in [3.8, 4) is 11.8 Å². The van der Waals surface area contributed by atoms with E-state index in [0.29, 0.717) is 16.0 Å². The van der Waals surface area contributed by atoms with Gasteiger partial charge in [0.1, 0.15) is 5.82 Å². The smallest absolute Gasteiger partial charge is 0.408 e. The van der Waals surface area contributed by atoms with Crippen LogP contribution in [0.4, 0.5) is 10.2 Å². The van der Waals surface area contributed by atoms with Crippen LogP contribution in [0.1, 0.15) is 36.6 Å². The van der Waals surface area contributed by atoms with Crippen LogP contribution in [0.2, 0.25) is 0 Å². The molecule has 3 atom stereocenters. The SMILES string of the molecule is C=S(=O)(Nc1cccc(F)n1)c1cc2oc(=O)n(C(C)c3cccc(C#CC(C)N)c3)c2cc1C. The first kappa shape index (κ1) is 24.3. The second-order valence-electron chi connectivity index (χ2n) is 8.31. The zero-order chi connectivity index (χ0) is 25.3. The Labute approximate surface area is 202 Å². The van der Waals surface area contributed by atoms with E-state index >= 15 is 0 Å². The minimum atomic E-state index is -3.12. The molecule has 0 aliphatic rings. The molecule has 180 valence electrons. The van der Waals surface area contributed by atoms with Gasteiger partial charge in [-0.2, -0.15) is 4.39 Å². The monoisotopic (exact) mass is 492 g/mol. The van der Waals surface area contributed by atoms with Gasteiger partial charge in [0.05, 0.1) is 32.2 Å². The first-order valence-electron chi connectivity index (χ1n) is 10.9. The number of anilines is 1. The van der Waals surface area contributed by atoms with Gasteiger partial charge in [0.2, 0.25) is 5.95 Å². The predicted octanol–water partition coefficient (Wildman–Crippen LogP) is 3.85. The van der Waals surface area contributed by atoms with Gasteiger partial charge in [0, 0.05) is 11.6 Å². The van der Waals surface area contributed by atoms with Crippen LogP contribution in [-0.2, 0) is 9.71 Å². The Bertz CT molecular complexity index is 1640. The summed E-state index contributed by atoms with van der Waals surface area (Å²) in [6.45, 7) is 5.46. The molecular weight excluding hydrogens is 467 g/mol. The van der Waals surface area contributed by atoms with Crippen LogP contribution in [0, 0.1) is 24.7 Å². The number of oxazole rings is 1. The van der Waals surface area contributed by atoms with E-state index in [-0.39, 0.29) is 23.5 Å². The quantitative estimate of drug-likeness (QED) is 0.250. The van der Waals surface area contributed by atoms with Gasteiger partial charge in [-0.3, -0.25) is 9.29 Å². The summed E-state index contributed by atoms with van der Waals surface area (Å²) in [5, 5.41) is 0. The number of pyridine rings is 1. The summed E-state index contributed by atoms with van der Waals surface area (Å²) in [6.07, 6.45) is 0. The number of aromatic nitrogens is 2. The van der Waals surface area contributed by atoms with E-state index in [9.17, 15) is 13.4 Å². The van der Waals surface area contributed by atoms with E-state index in [1.54, 1.807) is 13.0 Å². The molecule has 0 aliphatic heterocycles. The summed E-state index contributed by atoms with van der Waals surface area (Å²) in [6, 6.07) is 14.4. The molecule has 9 heteroatoms. The Morgan fingerprint density at radius 2 is 1.94 bits per heavy atom. The van der Waals surface area contributed by atoms with Crippen molar-refractivity contribution in [2.45, 2.75) is 37.8 Å². The fourth-order valence-corrected chi connectivity index (χ4v) is 5.24. The van der Waals surface area contributed by atoms with Crippen molar-refractivity contribution in [1.29, 1.82) is 0 Å². The van der Waals surface area contributed by atoms with E-state index in [4.69, 9.17) is 10.2 Å². The fraction of sp³-hybridized carbons (Fsp3) is 0.192. The summed E-state index contributed by atoms with van der Waals surface area (Å²) >= 11 is 0. The van der Waals surface area contributed by atoms with Gasteiger partial charge in [-0.1, -0.05) is 30.0 Å². The van der Waals surface area contributed by atoms with Crippen LogP contribution in [0.5, 0.6) is 0 Å². The van der Waals surface area contributed by atoms with Crippen molar-refractivity contribution in [3.63, 3.8) is 0 Å². The number of nitrogens with two attached hydrogens (primary N) is 1. The van der Waals surface area contributed by atoms with Crippen molar-refractivity contribution in [2.75, 3.05) is 4.72 Å². The van der Waals surface area contributed by atoms with Gasteiger partial charge in [-0.15, -0.1) is 0 Å². The van der Waals surface area contributed by atoms with Crippen LogP contribution in [0.25, 0.3) is 11.1 Å². The summed E-state index contributed by atoms with van der Waals surface area (Å²) in [4.78, 5) is 16.9. The number of halogens is 1. The van der Waals surface area contributed by atoms with Gasteiger partial charge in [0.15, 0.2) is 5.58 Å². The minimum Gasteiger partial charge on any atom is -0.408 e. The summed E-state index contributed by atoms with van der Waals surface area (Å²) in [5.41, 5.74) is 8.82. The Kier molecular flexibility index (Phi) is 6.52. The molecule has 0 amide bonds. The molecule has 4 rings (SSSR count). The number of aryl methyl sites for hydroxylation is 1. The van der Waals surface area contributed by atoms with Crippen LogP contribution in [0.3, 0.4) is 0 Å². The van der Waals surface area contributed by atoms with Gasteiger partial charge in [0.25, 0.3) is 0 Å². The van der Waals surface area contributed by atoms with Gasteiger partial charge < -0.3 is 10.2 Å². The van der Waals surface area contributed by atoms with Crippen molar-refractivity contribution >= 4 is 32.5 Å². The summed E-state index contributed by atoms with van der Waals surface area (Å²) in [7, 11) is -3.12. The number of fused-ring (bicyclic) bond motifs is 1. The third-order valence-corrected chi connectivity index (χ3v) is 7.14. The molecule has 0 aliphatic carbocycles. The average Bonchev–Trinajstić information content (AvgIpc) is 3.11. The lowest BCUT2D eigenvalue weighted by molar-refractivity contribution is 0.489. The Morgan fingerprint density at radius 1 is 1.20 bits per heavy atom. The highest BCUT2D eigenvalue weighted by Crippen LogP contribution is 2.28. The van der Waals surface area contributed by atoms with Gasteiger partial charge >= 0.3 is 5.76 Å². The number of hydrogen-bond donors (Lipinski definition) is 2. The van der Waals surface area contributed by atoms with Crippen molar-refractivity contribution < 1.29 is 13.0 Å². The number of rotatable bonds is 5. The van der Waals surface area contributed by atoms with E-state index in [1.165, 1.54) is 28.8 Å². The van der Waals surface area contributed by atoms with Crippen molar-refractivity contribution in [2.24, 2.45) is 5.73 Å². The molecular formula is C26H25FN4O3S. The van der Waals surface area contributed by atoms with Crippen LogP contribution >= 0.6 is 0 Å². The molecule has 2 aromatic heterocycles.